The van der Waals surface area contributed by atoms with Crippen molar-refractivity contribution in [3.8, 4) is 0 Å². The van der Waals surface area contributed by atoms with Gasteiger partial charge in [0, 0.05) is 13.1 Å². The molecule has 0 saturated carbocycles. The van der Waals surface area contributed by atoms with Crippen molar-refractivity contribution in [3.63, 3.8) is 0 Å². The monoisotopic (exact) mass is 264 g/mol. The number of anilines is 1. The Bertz CT molecular complexity index is 389. The molecule has 1 unspecified atom stereocenters. The highest BCUT2D eigenvalue weighted by Crippen LogP contribution is 2.08. The van der Waals surface area contributed by atoms with Gasteiger partial charge in [-0.15, -0.1) is 10.2 Å². The van der Waals surface area contributed by atoms with E-state index in [-0.39, 0.29) is 11.9 Å². The maximum atomic E-state index is 11.9. The standard InChI is InChI=1S/C14H24N4O/c1-10(2)6-5-7-11(3)16-14(19)12-8-9-13(15-4)18-17-12/h8-11H,5-7H2,1-4H3,(H,15,18)(H,16,19). The number of hydrogen-bond donors (Lipinski definition) is 2. The minimum Gasteiger partial charge on any atom is -0.372 e. The molecule has 1 amide bonds. The Morgan fingerprint density at radius 2 is 1.95 bits per heavy atom. The molecular weight excluding hydrogens is 240 g/mol. The van der Waals surface area contributed by atoms with Crippen molar-refractivity contribution in [2.75, 3.05) is 12.4 Å². The number of nitrogens with one attached hydrogen (secondary N) is 2. The molecule has 1 heterocycles. The first-order chi connectivity index (χ1) is 9.02. The van der Waals surface area contributed by atoms with E-state index < -0.39 is 0 Å². The molecule has 0 aliphatic carbocycles. The van der Waals surface area contributed by atoms with Gasteiger partial charge in [-0.3, -0.25) is 4.79 Å². The largest absolute Gasteiger partial charge is 0.372 e. The molecule has 1 aromatic heterocycles. The third-order valence-corrected chi connectivity index (χ3v) is 2.95. The van der Waals surface area contributed by atoms with Crippen molar-refractivity contribution < 1.29 is 4.79 Å². The predicted octanol–water partition coefficient (Wildman–Crippen LogP) is 2.46. The van der Waals surface area contributed by atoms with E-state index in [1.165, 1.54) is 6.42 Å². The smallest absolute Gasteiger partial charge is 0.272 e. The van der Waals surface area contributed by atoms with Crippen molar-refractivity contribution >= 4 is 11.7 Å². The summed E-state index contributed by atoms with van der Waals surface area (Å²) in [4.78, 5) is 11.9. The van der Waals surface area contributed by atoms with Crippen LogP contribution in [0.25, 0.3) is 0 Å². The molecule has 0 aromatic carbocycles. The molecule has 0 fully saturated rings. The fourth-order valence-corrected chi connectivity index (χ4v) is 1.79. The van der Waals surface area contributed by atoms with Crippen LogP contribution in [0.2, 0.25) is 0 Å². The molecule has 0 radical (unpaired) electrons. The van der Waals surface area contributed by atoms with Gasteiger partial charge >= 0.3 is 0 Å². The van der Waals surface area contributed by atoms with Crippen LogP contribution in [0.5, 0.6) is 0 Å². The summed E-state index contributed by atoms with van der Waals surface area (Å²) in [6.07, 6.45) is 3.31. The number of amides is 1. The Morgan fingerprint density at radius 3 is 2.47 bits per heavy atom. The van der Waals surface area contributed by atoms with Gasteiger partial charge in [-0.2, -0.15) is 0 Å². The van der Waals surface area contributed by atoms with Crippen LogP contribution in [0.15, 0.2) is 12.1 Å². The number of aromatic nitrogens is 2. The number of nitrogens with zero attached hydrogens (tertiary/aromatic N) is 2. The van der Waals surface area contributed by atoms with Crippen molar-refractivity contribution in [2.45, 2.75) is 46.1 Å². The van der Waals surface area contributed by atoms with Gasteiger partial charge in [0.2, 0.25) is 0 Å². The lowest BCUT2D eigenvalue weighted by molar-refractivity contribution is 0.0931. The van der Waals surface area contributed by atoms with Crippen LogP contribution in [-0.2, 0) is 0 Å². The first kappa shape index (κ1) is 15.4. The summed E-state index contributed by atoms with van der Waals surface area (Å²) in [6, 6.07) is 3.58. The van der Waals surface area contributed by atoms with E-state index in [1.54, 1.807) is 19.2 Å². The molecule has 19 heavy (non-hydrogen) atoms. The average Bonchev–Trinajstić information content (AvgIpc) is 2.38. The molecule has 0 aliphatic rings. The summed E-state index contributed by atoms with van der Waals surface area (Å²) < 4.78 is 0. The zero-order chi connectivity index (χ0) is 14.3. The van der Waals surface area contributed by atoms with Crippen molar-refractivity contribution in [3.05, 3.63) is 17.8 Å². The van der Waals surface area contributed by atoms with E-state index in [2.05, 4.69) is 34.7 Å². The molecule has 0 aliphatic heterocycles. The molecule has 1 atom stereocenters. The van der Waals surface area contributed by atoms with E-state index in [4.69, 9.17) is 0 Å². The Labute approximate surface area is 115 Å². The van der Waals surface area contributed by atoms with Crippen molar-refractivity contribution in [1.29, 1.82) is 0 Å². The van der Waals surface area contributed by atoms with Crippen molar-refractivity contribution in [2.24, 2.45) is 5.92 Å². The minimum absolute atomic E-state index is 0.160. The molecule has 0 saturated heterocycles. The van der Waals surface area contributed by atoms with Crippen LogP contribution in [0, 0.1) is 5.92 Å². The SMILES string of the molecule is CNc1ccc(C(=O)NC(C)CCCC(C)C)nn1. The maximum absolute atomic E-state index is 11.9. The lowest BCUT2D eigenvalue weighted by atomic mass is 10.0. The fourth-order valence-electron chi connectivity index (χ4n) is 1.79. The summed E-state index contributed by atoms with van der Waals surface area (Å²) >= 11 is 0. The number of hydrogen-bond acceptors (Lipinski definition) is 4. The van der Waals surface area contributed by atoms with Crippen LogP contribution in [0.3, 0.4) is 0 Å². The Balaban J connectivity index is 2.40. The summed E-state index contributed by atoms with van der Waals surface area (Å²) in [5.74, 6) is 1.21. The molecule has 0 bridgehead atoms. The average molecular weight is 264 g/mol. The van der Waals surface area contributed by atoms with E-state index in [9.17, 15) is 4.79 Å². The quantitative estimate of drug-likeness (QED) is 0.794. The van der Waals surface area contributed by atoms with E-state index >= 15 is 0 Å². The van der Waals surface area contributed by atoms with Gasteiger partial charge in [-0.05, 0) is 31.4 Å². The van der Waals surface area contributed by atoms with Gasteiger partial charge in [0.05, 0.1) is 0 Å². The fraction of sp³-hybridized carbons (Fsp3) is 0.643. The predicted molar refractivity (Wildman–Crippen MR) is 77.2 cm³/mol. The molecule has 1 rings (SSSR count). The van der Waals surface area contributed by atoms with Crippen LogP contribution in [0.4, 0.5) is 5.82 Å². The Hall–Kier alpha value is -1.65. The number of carbonyl (C=O) groups excluding carboxylic acids is 1. The van der Waals surface area contributed by atoms with Crippen LogP contribution in [0.1, 0.15) is 50.5 Å². The minimum atomic E-state index is -0.160. The third kappa shape index (κ3) is 5.68. The highest BCUT2D eigenvalue weighted by atomic mass is 16.2. The second kappa shape index (κ2) is 7.71. The maximum Gasteiger partial charge on any atom is 0.272 e. The second-order valence-corrected chi connectivity index (χ2v) is 5.25. The van der Waals surface area contributed by atoms with Gasteiger partial charge in [-0.25, -0.2) is 0 Å². The van der Waals surface area contributed by atoms with Gasteiger partial charge in [0.1, 0.15) is 5.82 Å². The Kier molecular flexibility index (Phi) is 6.25. The van der Waals surface area contributed by atoms with E-state index in [1.807, 2.05) is 6.92 Å². The summed E-state index contributed by atoms with van der Waals surface area (Å²) in [7, 11) is 1.76. The second-order valence-electron chi connectivity index (χ2n) is 5.25. The Morgan fingerprint density at radius 1 is 1.21 bits per heavy atom. The zero-order valence-electron chi connectivity index (χ0n) is 12.2. The highest BCUT2D eigenvalue weighted by Gasteiger charge is 2.11. The normalized spacial score (nSPS) is 12.3. The zero-order valence-corrected chi connectivity index (χ0v) is 12.2. The molecule has 0 spiro atoms. The molecular formula is C14H24N4O. The first-order valence-corrected chi connectivity index (χ1v) is 6.85. The molecule has 5 heteroatoms. The summed E-state index contributed by atoms with van der Waals surface area (Å²) in [5, 5.41) is 13.6. The summed E-state index contributed by atoms with van der Waals surface area (Å²) in [5.41, 5.74) is 0.356. The lowest BCUT2D eigenvalue weighted by Crippen LogP contribution is -2.33. The number of carbonyl (C=O) groups is 1. The lowest BCUT2D eigenvalue weighted by Gasteiger charge is -2.14. The van der Waals surface area contributed by atoms with Gasteiger partial charge in [-0.1, -0.05) is 26.7 Å². The van der Waals surface area contributed by atoms with Crippen LogP contribution < -0.4 is 10.6 Å². The first-order valence-electron chi connectivity index (χ1n) is 6.85. The summed E-state index contributed by atoms with van der Waals surface area (Å²) in [6.45, 7) is 6.44. The van der Waals surface area contributed by atoms with Gasteiger partial charge < -0.3 is 10.6 Å². The molecule has 5 nitrogen and oxygen atoms in total. The number of rotatable bonds is 7. The van der Waals surface area contributed by atoms with Crippen LogP contribution >= 0.6 is 0 Å². The van der Waals surface area contributed by atoms with Gasteiger partial charge in [0.15, 0.2) is 5.69 Å². The molecule has 106 valence electrons. The molecule has 1 aromatic rings. The third-order valence-electron chi connectivity index (χ3n) is 2.95. The molecule has 2 N–H and O–H groups in total. The van der Waals surface area contributed by atoms with Crippen molar-refractivity contribution in [1.82, 2.24) is 15.5 Å². The topological polar surface area (TPSA) is 66.9 Å². The van der Waals surface area contributed by atoms with E-state index in [0.29, 0.717) is 17.4 Å². The van der Waals surface area contributed by atoms with Gasteiger partial charge in [0.25, 0.3) is 5.91 Å². The highest BCUT2D eigenvalue weighted by molar-refractivity contribution is 5.92. The van der Waals surface area contributed by atoms with Crippen LogP contribution in [-0.4, -0.2) is 29.2 Å². The van der Waals surface area contributed by atoms with E-state index in [0.717, 1.165) is 12.8 Å².